The van der Waals surface area contributed by atoms with Crippen LogP contribution in [0.3, 0.4) is 0 Å². The number of hydrogen-bond acceptors (Lipinski definition) is 4. The highest BCUT2D eigenvalue weighted by Gasteiger charge is 2.32. The fraction of sp³-hybridized carbons (Fsp3) is 0.682. The molecule has 0 amide bonds. The van der Waals surface area contributed by atoms with Crippen LogP contribution in [0.25, 0.3) is 0 Å². The lowest BCUT2D eigenvalue weighted by Gasteiger charge is -2.37. The number of benzene rings is 1. The minimum Gasteiger partial charge on any atom is -0.497 e. The van der Waals surface area contributed by atoms with E-state index in [1.165, 1.54) is 5.56 Å². The van der Waals surface area contributed by atoms with Gasteiger partial charge in [-0.1, -0.05) is 26.0 Å². The molecule has 2 fully saturated rings. The van der Waals surface area contributed by atoms with Crippen molar-refractivity contribution in [3.8, 4) is 5.75 Å². The molecule has 1 N–H and O–H groups in total. The lowest BCUT2D eigenvalue weighted by atomic mass is 9.85. The van der Waals surface area contributed by atoms with Crippen LogP contribution in [-0.4, -0.2) is 69.6 Å². The van der Waals surface area contributed by atoms with Gasteiger partial charge in [-0.15, -0.1) is 24.0 Å². The maximum Gasteiger partial charge on any atom is 0.194 e. The molecule has 7 heteroatoms. The van der Waals surface area contributed by atoms with E-state index in [-0.39, 0.29) is 41.6 Å². The van der Waals surface area contributed by atoms with Crippen molar-refractivity contribution in [1.82, 2.24) is 10.2 Å². The van der Waals surface area contributed by atoms with Gasteiger partial charge in [0.1, 0.15) is 11.9 Å². The molecule has 2 aliphatic heterocycles. The third-order valence-electron chi connectivity index (χ3n) is 5.60. The number of nitrogens with one attached hydrogen (secondary N) is 1. The summed E-state index contributed by atoms with van der Waals surface area (Å²) in [4.78, 5) is 7.32. The quantitative estimate of drug-likeness (QED) is 0.356. The first-order valence-corrected chi connectivity index (χ1v) is 10.4. The average molecular weight is 517 g/mol. The summed E-state index contributed by atoms with van der Waals surface area (Å²) in [5, 5.41) is 3.47. The first-order valence-electron chi connectivity index (χ1n) is 10.4. The lowest BCUT2D eigenvalue weighted by molar-refractivity contribution is -0.0817. The molecule has 1 aromatic carbocycles. The Morgan fingerprint density at radius 1 is 1.21 bits per heavy atom. The Bertz CT molecular complexity index is 645. The number of halogens is 1. The van der Waals surface area contributed by atoms with Crippen molar-refractivity contribution in [1.29, 1.82) is 0 Å². The Morgan fingerprint density at radius 3 is 2.55 bits per heavy atom. The summed E-state index contributed by atoms with van der Waals surface area (Å²) < 4.78 is 17.1. The van der Waals surface area contributed by atoms with Gasteiger partial charge < -0.3 is 24.4 Å². The number of guanidine groups is 1. The molecule has 2 aliphatic rings. The second-order valence-electron chi connectivity index (χ2n) is 8.19. The van der Waals surface area contributed by atoms with Crippen LogP contribution in [0.5, 0.6) is 5.75 Å². The highest BCUT2D eigenvalue weighted by atomic mass is 127. The third kappa shape index (κ3) is 6.46. The van der Waals surface area contributed by atoms with Crippen molar-refractivity contribution in [3.63, 3.8) is 0 Å². The summed E-state index contributed by atoms with van der Waals surface area (Å²) in [6.45, 7) is 11.4. The summed E-state index contributed by atoms with van der Waals surface area (Å²) in [5.41, 5.74) is 1.19. The molecule has 3 rings (SSSR count). The van der Waals surface area contributed by atoms with Crippen LogP contribution in [0.4, 0.5) is 0 Å². The predicted molar refractivity (Wildman–Crippen MR) is 128 cm³/mol. The van der Waals surface area contributed by atoms with Crippen LogP contribution in [0.2, 0.25) is 0 Å². The van der Waals surface area contributed by atoms with E-state index in [0.717, 1.165) is 57.4 Å². The zero-order valence-corrected chi connectivity index (χ0v) is 20.5. The minimum atomic E-state index is -0.0623. The van der Waals surface area contributed by atoms with Crippen molar-refractivity contribution in [2.24, 2.45) is 4.99 Å². The van der Waals surface area contributed by atoms with Gasteiger partial charge in [-0.05, 0) is 37.5 Å². The first kappa shape index (κ1) is 24.2. The maximum absolute atomic E-state index is 6.00. The molecule has 164 valence electrons. The van der Waals surface area contributed by atoms with E-state index in [1.807, 2.05) is 12.1 Å². The van der Waals surface area contributed by atoms with Gasteiger partial charge in [0.2, 0.25) is 0 Å². The number of hydrogen-bond donors (Lipinski definition) is 1. The predicted octanol–water partition coefficient (Wildman–Crippen LogP) is 3.44. The van der Waals surface area contributed by atoms with E-state index >= 15 is 0 Å². The highest BCUT2D eigenvalue weighted by molar-refractivity contribution is 14.0. The van der Waals surface area contributed by atoms with Crippen LogP contribution >= 0.6 is 24.0 Å². The Kier molecular flexibility index (Phi) is 9.49. The van der Waals surface area contributed by atoms with E-state index < -0.39 is 0 Å². The molecule has 0 bridgehead atoms. The lowest BCUT2D eigenvalue weighted by Crippen LogP contribution is -2.53. The Balaban J connectivity index is 0.00000300. The molecule has 0 aliphatic carbocycles. The molecule has 2 unspecified atom stereocenters. The maximum atomic E-state index is 6.00. The molecule has 1 aromatic rings. The highest BCUT2D eigenvalue weighted by Crippen LogP contribution is 2.26. The van der Waals surface area contributed by atoms with Crippen molar-refractivity contribution < 1.29 is 14.2 Å². The van der Waals surface area contributed by atoms with E-state index in [0.29, 0.717) is 6.54 Å². The zero-order valence-electron chi connectivity index (χ0n) is 18.1. The average Bonchev–Trinajstić information content (AvgIpc) is 3.26. The van der Waals surface area contributed by atoms with Crippen molar-refractivity contribution >= 4 is 29.9 Å². The van der Waals surface area contributed by atoms with Gasteiger partial charge in [-0.25, -0.2) is 0 Å². The summed E-state index contributed by atoms with van der Waals surface area (Å²) in [5.74, 6) is 1.85. The zero-order chi connectivity index (χ0) is 20.0. The van der Waals surface area contributed by atoms with Crippen molar-refractivity contribution in [2.75, 3.05) is 46.5 Å². The molecular formula is C22H36IN3O3. The van der Waals surface area contributed by atoms with Gasteiger partial charge in [-0.3, -0.25) is 4.99 Å². The van der Waals surface area contributed by atoms with Crippen LogP contribution < -0.4 is 10.1 Å². The Morgan fingerprint density at radius 2 is 1.93 bits per heavy atom. The number of aliphatic imine (C=N–C) groups is 1. The molecule has 0 spiro atoms. The second-order valence-corrected chi connectivity index (χ2v) is 8.19. The Labute approximate surface area is 192 Å². The number of nitrogens with zero attached hydrogens (tertiary/aromatic N) is 2. The summed E-state index contributed by atoms with van der Waals surface area (Å²) in [7, 11) is 1.69. The topological polar surface area (TPSA) is 55.3 Å². The normalized spacial score (nSPS) is 22.9. The Hall–Kier alpha value is -1.06. The number of methoxy groups -OCH3 is 1. The van der Waals surface area contributed by atoms with Crippen LogP contribution in [-0.2, 0) is 14.9 Å². The van der Waals surface area contributed by atoms with Crippen LogP contribution in [0, 0.1) is 0 Å². The van der Waals surface area contributed by atoms with Crippen molar-refractivity contribution in [3.05, 3.63) is 29.8 Å². The van der Waals surface area contributed by atoms with Gasteiger partial charge in [0.25, 0.3) is 0 Å². The molecule has 2 saturated heterocycles. The molecule has 6 nitrogen and oxygen atoms in total. The minimum absolute atomic E-state index is 0. The van der Waals surface area contributed by atoms with Crippen LogP contribution in [0.15, 0.2) is 29.3 Å². The van der Waals surface area contributed by atoms with E-state index in [1.54, 1.807) is 7.11 Å². The number of ether oxygens (including phenoxy) is 3. The molecular weight excluding hydrogens is 481 g/mol. The molecule has 29 heavy (non-hydrogen) atoms. The second kappa shape index (κ2) is 11.4. The molecule has 2 atom stereocenters. The van der Waals surface area contributed by atoms with Gasteiger partial charge in [0.15, 0.2) is 5.96 Å². The SMILES string of the molecule is CCNC(=NCC(C)(C)c1ccc(OC)cc1)N1CCOC(C2CCCO2)C1.I. The largest absolute Gasteiger partial charge is 0.497 e. The van der Waals surface area contributed by atoms with Gasteiger partial charge in [0, 0.05) is 31.7 Å². The van der Waals surface area contributed by atoms with Gasteiger partial charge in [0.05, 0.1) is 26.4 Å². The van der Waals surface area contributed by atoms with E-state index in [4.69, 9.17) is 19.2 Å². The summed E-state index contributed by atoms with van der Waals surface area (Å²) in [6.07, 6.45) is 2.59. The fourth-order valence-corrected chi connectivity index (χ4v) is 3.82. The molecule has 0 saturated carbocycles. The monoisotopic (exact) mass is 517 g/mol. The van der Waals surface area contributed by atoms with E-state index in [2.05, 4.69) is 43.1 Å². The van der Waals surface area contributed by atoms with Gasteiger partial charge in [-0.2, -0.15) is 0 Å². The van der Waals surface area contributed by atoms with Crippen molar-refractivity contribution in [2.45, 2.75) is 51.2 Å². The smallest absolute Gasteiger partial charge is 0.194 e. The number of morpholine rings is 1. The summed E-state index contributed by atoms with van der Waals surface area (Å²) in [6, 6.07) is 8.29. The van der Waals surface area contributed by atoms with Crippen LogP contribution in [0.1, 0.15) is 39.2 Å². The fourth-order valence-electron chi connectivity index (χ4n) is 3.82. The molecule has 0 aromatic heterocycles. The number of rotatable bonds is 6. The van der Waals surface area contributed by atoms with E-state index in [9.17, 15) is 0 Å². The summed E-state index contributed by atoms with van der Waals surface area (Å²) >= 11 is 0. The first-order chi connectivity index (χ1) is 13.5. The molecule has 0 radical (unpaired) electrons. The standard InChI is InChI=1S/C22H35N3O3.HI/c1-5-23-21(25-12-14-28-20(15-25)19-7-6-13-27-19)24-16-22(2,3)17-8-10-18(26-4)11-9-17;/h8-11,19-20H,5-7,12-16H2,1-4H3,(H,23,24);1H. The molecule has 2 heterocycles. The third-order valence-corrected chi connectivity index (χ3v) is 5.60. The van der Waals surface area contributed by atoms with Gasteiger partial charge >= 0.3 is 0 Å².